The monoisotopic (exact) mass is 407 g/mol. The summed E-state index contributed by atoms with van der Waals surface area (Å²) >= 11 is 0. The molecule has 2 fully saturated rings. The molecule has 2 aromatic carbocycles. The molecule has 5 heteroatoms. The highest BCUT2D eigenvalue weighted by Gasteiger charge is 2.38. The maximum Gasteiger partial charge on any atom is 0.234 e. The van der Waals surface area contributed by atoms with Gasteiger partial charge in [-0.05, 0) is 49.6 Å². The Labute approximate surface area is 179 Å². The van der Waals surface area contributed by atoms with Crippen LogP contribution in [-0.4, -0.2) is 54.2 Å². The van der Waals surface area contributed by atoms with E-state index < -0.39 is 0 Å². The van der Waals surface area contributed by atoms with E-state index in [4.69, 9.17) is 0 Å². The molecule has 0 radical (unpaired) electrons. The molecule has 4 rings (SSSR count). The van der Waals surface area contributed by atoms with E-state index in [2.05, 4.69) is 46.3 Å². The number of rotatable bonds is 5. The summed E-state index contributed by atoms with van der Waals surface area (Å²) in [5.41, 5.74) is 2.22. The number of piperazine rings is 1. The quantitative estimate of drug-likeness (QED) is 0.793. The summed E-state index contributed by atoms with van der Waals surface area (Å²) in [4.78, 5) is 17.6. The van der Waals surface area contributed by atoms with E-state index in [9.17, 15) is 9.90 Å². The molecule has 2 N–H and O–H groups in total. The summed E-state index contributed by atoms with van der Waals surface area (Å²) in [7, 11) is 0. The third-order valence-electron chi connectivity index (χ3n) is 6.79. The minimum Gasteiger partial charge on any atom is -0.508 e. The largest absolute Gasteiger partial charge is 0.508 e. The van der Waals surface area contributed by atoms with E-state index in [1.165, 1.54) is 17.7 Å². The van der Waals surface area contributed by atoms with Crippen molar-refractivity contribution in [3.8, 4) is 5.75 Å². The highest BCUT2D eigenvalue weighted by molar-refractivity contribution is 5.79. The van der Waals surface area contributed by atoms with Crippen molar-refractivity contribution in [3.63, 3.8) is 0 Å². The van der Waals surface area contributed by atoms with E-state index in [0.717, 1.165) is 45.4 Å². The molecule has 1 aliphatic heterocycles. The second-order valence-corrected chi connectivity index (χ2v) is 8.95. The molecule has 160 valence electrons. The Morgan fingerprint density at radius 1 is 1.03 bits per heavy atom. The lowest BCUT2D eigenvalue weighted by atomic mass is 9.70. The molecule has 1 saturated carbocycles. The van der Waals surface area contributed by atoms with Crippen molar-refractivity contribution < 1.29 is 9.90 Å². The standard InChI is InChI=1S/C25H33N3O2/c1-25(14-6-5-9-23(25)20-10-12-22(29)13-11-20)26-24(30)19-27-15-17-28(18-16-27)21-7-3-2-4-8-21/h2-4,7-8,10-13,23,29H,5-6,9,14-19H2,1H3,(H,26,30)/t23-,25-/m0/s1. The molecular weight excluding hydrogens is 374 g/mol. The summed E-state index contributed by atoms with van der Waals surface area (Å²) in [6, 6.07) is 18.0. The second-order valence-electron chi connectivity index (χ2n) is 8.95. The molecule has 2 atom stereocenters. The van der Waals surface area contributed by atoms with Gasteiger partial charge in [0.05, 0.1) is 6.54 Å². The number of amides is 1. The lowest BCUT2D eigenvalue weighted by molar-refractivity contribution is -0.124. The average molecular weight is 408 g/mol. The number of anilines is 1. The molecule has 0 bridgehead atoms. The number of carbonyl (C=O) groups is 1. The van der Waals surface area contributed by atoms with Gasteiger partial charge in [0.25, 0.3) is 0 Å². The van der Waals surface area contributed by atoms with Gasteiger partial charge in [0.1, 0.15) is 5.75 Å². The number of para-hydroxylation sites is 1. The fourth-order valence-electron chi connectivity index (χ4n) is 5.09. The minimum atomic E-state index is -0.238. The second kappa shape index (κ2) is 9.09. The number of nitrogens with one attached hydrogen (secondary N) is 1. The molecular formula is C25H33N3O2. The van der Waals surface area contributed by atoms with Gasteiger partial charge in [-0.25, -0.2) is 0 Å². The molecule has 1 saturated heterocycles. The number of phenols is 1. The van der Waals surface area contributed by atoms with Gasteiger partial charge in [0.2, 0.25) is 5.91 Å². The zero-order valence-corrected chi connectivity index (χ0v) is 17.9. The fourth-order valence-corrected chi connectivity index (χ4v) is 5.09. The van der Waals surface area contributed by atoms with Crippen LogP contribution in [0.15, 0.2) is 54.6 Å². The van der Waals surface area contributed by atoms with Crippen LogP contribution in [0.5, 0.6) is 5.75 Å². The van der Waals surface area contributed by atoms with Crippen molar-refractivity contribution in [2.75, 3.05) is 37.6 Å². The van der Waals surface area contributed by atoms with Crippen LogP contribution in [0, 0.1) is 0 Å². The highest BCUT2D eigenvalue weighted by Crippen LogP contribution is 2.41. The molecule has 1 amide bonds. The molecule has 30 heavy (non-hydrogen) atoms. The third-order valence-corrected chi connectivity index (χ3v) is 6.79. The molecule has 2 aromatic rings. The van der Waals surface area contributed by atoms with E-state index in [1.54, 1.807) is 12.1 Å². The SMILES string of the molecule is C[C@]1(NC(=O)CN2CCN(c3ccccc3)CC2)CCCC[C@H]1c1ccc(O)cc1. The average Bonchev–Trinajstić information content (AvgIpc) is 2.76. The summed E-state index contributed by atoms with van der Waals surface area (Å²) < 4.78 is 0. The van der Waals surface area contributed by atoms with Crippen LogP contribution in [0.25, 0.3) is 0 Å². The van der Waals surface area contributed by atoms with Gasteiger partial charge < -0.3 is 15.3 Å². The predicted molar refractivity (Wildman–Crippen MR) is 121 cm³/mol. The number of aromatic hydroxyl groups is 1. The number of phenolic OH excluding ortho intramolecular Hbond substituents is 1. The Hall–Kier alpha value is -2.53. The van der Waals surface area contributed by atoms with E-state index in [-0.39, 0.29) is 23.1 Å². The first-order valence-corrected chi connectivity index (χ1v) is 11.2. The smallest absolute Gasteiger partial charge is 0.234 e. The van der Waals surface area contributed by atoms with Crippen LogP contribution in [0.3, 0.4) is 0 Å². The zero-order valence-electron chi connectivity index (χ0n) is 17.9. The van der Waals surface area contributed by atoms with Crippen molar-refractivity contribution >= 4 is 11.6 Å². The van der Waals surface area contributed by atoms with Gasteiger partial charge in [-0.15, -0.1) is 0 Å². The maximum atomic E-state index is 13.0. The number of nitrogens with zero attached hydrogens (tertiary/aromatic N) is 2. The summed E-state index contributed by atoms with van der Waals surface area (Å²) in [5, 5.41) is 13.0. The fraction of sp³-hybridized carbons (Fsp3) is 0.480. The molecule has 5 nitrogen and oxygen atoms in total. The van der Waals surface area contributed by atoms with E-state index >= 15 is 0 Å². The van der Waals surface area contributed by atoms with E-state index in [1.807, 2.05) is 18.2 Å². The van der Waals surface area contributed by atoms with Gasteiger partial charge in [-0.2, -0.15) is 0 Å². The third kappa shape index (κ3) is 4.78. The predicted octanol–water partition coefficient (Wildman–Crippen LogP) is 3.75. The van der Waals surface area contributed by atoms with Crippen LogP contribution in [0.4, 0.5) is 5.69 Å². The van der Waals surface area contributed by atoms with Crippen molar-refractivity contribution in [1.29, 1.82) is 0 Å². The number of benzene rings is 2. The van der Waals surface area contributed by atoms with Gasteiger partial charge >= 0.3 is 0 Å². The van der Waals surface area contributed by atoms with Gasteiger partial charge in [-0.1, -0.05) is 43.2 Å². The first-order valence-electron chi connectivity index (χ1n) is 11.2. The number of hydrogen-bond acceptors (Lipinski definition) is 4. The van der Waals surface area contributed by atoms with Crippen LogP contribution in [0.2, 0.25) is 0 Å². The van der Waals surface area contributed by atoms with Crippen LogP contribution >= 0.6 is 0 Å². The highest BCUT2D eigenvalue weighted by atomic mass is 16.3. The van der Waals surface area contributed by atoms with Crippen LogP contribution in [-0.2, 0) is 4.79 Å². The molecule has 0 spiro atoms. The first-order chi connectivity index (χ1) is 14.5. The summed E-state index contributed by atoms with van der Waals surface area (Å²) in [6.07, 6.45) is 4.38. The Morgan fingerprint density at radius 3 is 2.43 bits per heavy atom. The van der Waals surface area contributed by atoms with Crippen LogP contribution in [0.1, 0.15) is 44.1 Å². The van der Waals surface area contributed by atoms with Crippen molar-refractivity contribution in [2.45, 2.75) is 44.1 Å². The first kappa shape index (κ1) is 20.7. The van der Waals surface area contributed by atoms with Gasteiger partial charge in [-0.3, -0.25) is 9.69 Å². The Morgan fingerprint density at radius 2 is 1.73 bits per heavy atom. The molecule has 0 unspecified atom stereocenters. The number of hydrogen-bond donors (Lipinski definition) is 2. The molecule has 0 aromatic heterocycles. The summed E-state index contributed by atoms with van der Waals surface area (Å²) in [6.45, 7) is 6.35. The van der Waals surface area contributed by atoms with Crippen molar-refractivity contribution in [1.82, 2.24) is 10.2 Å². The lowest BCUT2D eigenvalue weighted by Gasteiger charge is -2.43. The van der Waals surface area contributed by atoms with E-state index in [0.29, 0.717) is 6.54 Å². The van der Waals surface area contributed by atoms with Crippen molar-refractivity contribution in [3.05, 3.63) is 60.2 Å². The molecule has 1 aliphatic carbocycles. The van der Waals surface area contributed by atoms with Crippen molar-refractivity contribution in [2.24, 2.45) is 0 Å². The topological polar surface area (TPSA) is 55.8 Å². The Bertz CT molecular complexity index is 831. The Kier molecular flexibility index (Phi) is 6.28. The zero-order chi connectivity index (χ0) is 21.0. The minimum absolute atomic E-state index is 0.122. The molecule has 1 heterocycles. The maximum absolute atomic E-state index is 13.0. The summed E-state index contributed by atoms with van der Waals surface area (Å²) in [5.74, 6) is 0.692. The van der Waals surface area contributed by atoms with Gasteiger partial charge in [0.15, 0.2) is 0 Å². The van der Waals surface area contributed by atoms with Crippen LogP contribution < -0.4 is 10.2 Å². The lowest BCUT2D eigenvalue weighted by Crippen LogP contribution is -2.56. The molecule has 2 aliphatic rings. The Balaban J connectivity index is 1.34. The number of carbonyl (C=O) groups excluding carboxylic acids is 1. The normalized spacial score (nSPS) is 25.1. The van der Waals surface area contributed by atoms with Gasteiger partial charge in [0, 0.05) is 43.3 Å².